The van der Waals surface area contributed by atoms with Crippen LogP contribution in [0.3, 0.4) is 0 Å². The summed E-state index contributed by atoms with van der Waals surface area (Å²) < 4.78 is 1.91. The smallest absolute Gasteiger partial charge is 0.222 e. The molecular formula is C23H33N3O. The minimum Gasteiger partial charge on any atom is -0.343 e. The van der Waals surface area contributed by atoms with Gasteiger partial charge in [-0.25, -0.2) is 0 Å². The Labute approximate surface area is 163 Å². The lowest BCUT2D eigenvalue weighted by Crippen LogP contribution is -2.38. The standard InChI is InChI=1S/C23H33N3O/c1-17-5-7-20(8-6-17)9-10-21-13-15-26(16-14-21)23(27)12-11-22-18(2)24-25(4)19(22)3/h5-8,21H,9-16H2,1-4H3. The fraction of sp³-hybridized carbons (Fsp3) is 0.565. The van der Waals surface area contributed by atoms with Crippen LogP contribution in [0.1, 0.15) is 53.8 Å². The number of piperidine rings is 1. The number of carbonyl (C=O) groups is 1. The molecule has 27 heavy (non-hydrogen) atoms. The predicted molar refractivity (Wildman–Crippen MR) is 110 cm³/mol. The first-order chi connectivity index (χ1) is 12.9. The Balaban J connectivity index is 1.41. The first-order valence-corrected chi connectivity index (χ1v) is 10.3. The fourth-order valence-corrected chi connectivity index (χ4v) is 4.17. The Morgan fingerprint density at radius 1 is 1.07 bits per heavy atom. The Hall–Kier alpha value is -2.10. The summed E-state index contributed by atoms with van der Waals surface area (Å²) in [6, 6.07) is 8.89. The van der Waals surface area contributed by atoms with Crippen LogP contribution in [0, 0.1) is 26.7 Å². The van der Waals surface area contributed by atoms with E-state index in [-0.39, 0.29) is 0 Å². The molecule has 1 aromatic heterocycles. The Morgan fingerprint density at radius 3 is 2.33 bits per heavy atom. The Morgan fingerprint density at radius 2 is 1.74 bits per heavy atom. The lowest BCUT2D eigenvalue weighted by Gasteiger charge is -2.32. The number of hydrogen-bond acceptors (Lipinski definition) is 2. The third kappa shape index (κ3) is 5.00. The van der Waals surface area contributed by atoms with Crippen LogP contribution in [0.2, 0.25) is 0 Å². The van der Waals surface area contributed by atoms with Crippen LogP contribution in [-0.2, 0) is 24.7 Å². The van der Waals surface area contributed by atoms with E-state index in [1.165, 1.54) is 28.8 Å². The van der Waals surface area contributed by atoms with Crippen molar-refractivity contribution < 1.29 is 4.79 Å². The summed E-state index contributed by atoms with van der Waals surface area (Å²) >= 11 is 0. The van der Waals surface area contributed by atoms with E-state index < -0.39 is 0 Å². The van der Waals surface area contributed by atoms with Crippen LogP contribution in [0.25, 0.3) is 0 Å². The maximum absolute atomic E-state index is 12.6. The first-order valence-electron chi connectivity index (χ1n) is 10.3. The number of carbonyl (C=O) groups excluding carboxylic acids is 1. The SMILES string of the molecule is Cc1ccc(CCC2CCN(C(=O)CCc3c(C)nn(C)c3C)CC2)cc1. The van der Waals surface area contributed by atoms with Gasteiger partial charge in [0.2, 0.25) is 5.91 Å². The zero-order chi connectivity index (χ0) is 19.4. The molecule has 1 aliphatic heterocycles. The van der Waals surface area contributed by atoms with Gasteiger partial charge in [-0.3, -0.25) is 9.48 Å². The number of rotatable bonds is 6. The molecule has 0 saturated carbocycles. The lowest BCUT2D eigenvalue weighted by atomic mass is 9.90. The molecule has 146 valence electrons. The molecule has 1 saturated heterocycles. The van der Waals surface area contributed by atoms with Gasteiger partial charge >= 0.3 is 0 Å². The third-order valence-electron chi connectivity index (χ3n) is 6.18. The second kappa shape index (κ2) is 8.73. The average molecular weight is 368 g/mol. The summed E-state index contributed by atoms with van der Waals surface area (Å²) in [6.45, 7) is 8.09. The van der Waals surface area contributed by atoms with Gasteiger partial charge in [0.05, 0.1) is 5.69 Å². The largest absolute Gasteiger partial charge is 0.343 e. The average Bonchev–Trinajstić information content (AvgIpc) is 2.91. The molecule has 0 unspecified atom stereocenters. The van der Waals surface area contributed by atoms with Gasteiger partial charge in [-0.15, -0.1) is 0 Å². The van der Waals surface area contributed by atoms with Gasteiger partial charge in [-0.05, 0) is 69.9 Å². The van der Waals surface area contributed by atoms with Gasteiger partial charge in [0.1, 0.15) is 0 Å². The maximum Gasteiger partial charge on any atom is 0.222 e. The molecule has 0 atom stereocenters. The van der Waals surface area contributed by atoms with Crippen LogP contribution >= 0.6 is 0 Å². The van der Waals surface area contributed by atoms with Crippen molar-refractivity contribution in [3.8, 4) is 0 Å². The topological polar surface area (TPSA) is 38.1 Å². The molecule has 2 aromatic rings. The quantitative estimate of drug-likeness (QED) is 0.769. The van der Waals surface area contributed by atoms with Gasteiger partial charge in [-0.1, -0.05) is 29.8 Å². The summed E-state index contributed by atoms with van der Waals surface area (Å²) in [5, 5.41) is 4.45. The zero-order valence-corrected chi connectivity index (χ0v) is 17.3. The van der Waals surface area contributed by atoms with Gasteiger partial charge in [-0.2, -0.15) is 5.10 Å². The van der Waals surface area contributed by atoms with Crippen LogP contribution < -0.4 is 0 Å². The van der Waals surface area contributed by atoms with E-state index in [9.17, 15) is 4.79 Å². The highest BCUT2D eigenvalue weighted by atomic mass is 16.2. The van der Waals surface area contributed by atoms with E-state index in [1.54, 1.807) is 0 Å². The molecule has 1 aromatic carbocycles. The van der Waals surface area contributed by atoms with Crippen molar-refractivity contribution in [2.24, 2.45) is 13.0 Å². The van der Waals surface area contributed by atoms with E-state index in [2.05, 4.69) is 48.1 Å². The van der Waals surface area contributed by atoms with Crippen molar-refractivity contribution in [3.63, 3.8) is 0 Å². The molecule has 0 N–H and O–H groups in total. The highest BCUT2D eigenvalue weighted by Crippen LogP contribution is 2.23. The van der Waals surface area contributed by atoms with E-state index in [4.69, 9.17) is 0 Å². The van der Waals surface area contributed by atoms with E-state index >= 15 is 0 Å². The van der Waals surface area contributed by atoms with E-state index in [0.717, 1.165) is 50.4 Å². The monoisotopic (exact) mass is 367 g/mol. The number of benzene rings is 1. The van der Waals surface area contributed by atoms with Crippen molar-refractivity contribution in [3.05, 3.63) is 52.3 Å². The van der Waals surface area contributed by atoms with Crippen molar-refractivity contribution >= 4 is 5.91 Å². The molecular weight excluding hydrogens is 334 g/mol. The normalized spacial score (nSPS) is 15.3. The van der Waals surface area contributed by atoms with Crippen molar-refractivity contribution in [2.45, 2.75) is 59.3 Å². The van der Waals surface area contributed by atoms with Gasteiger partial charge in [0, 0.05) is 32.3 Å². The van der Waals surface area contributed by atoms with Crippen molar-refractivity contribution in [2.75, 3.05) is 13.1 Å². The number of amides is 1. The second-order valence-electron chi connectivity index (χ2n) is 8.12. The van der Waals surface area contributed by atoms with Crippen molar-refractivity contribution in [1.29, 1.82) is 0 Å². The van der Waals surface area contributed by atoms with Crippen LogP contribution in [0.15, 0.2) is 24.3 Å². The van der Waals surface area contributed by atoms with Crippen LogP contribution in [0.4, 0.5) is 0 Å². The molecule has 0 spiro atoms. The molecule has 1 aliphatic rings. The molecule has 2 heterocycles. The lowest BCUT2D eigenvalue weighted by molar-refractivity contribution is -0.132. The Bertz CT molecular complexity index is 768. The Kier molecular flexibility index (Phi) is 6.35. The molecule has 1 amide bonds. The number of aryl methyl sites for hydroxylation is 4. The highest BCUT2D eigenvalue weighted by Gasteiger charge is 2.23. The number of aromatic nitrogens is 2. The fourth-order valence-electron chi connectivity index (χ4n) is 4.17. The number of nitrogens with zero attached hydrogens (tertiary/aromatic N) is 3. The summed E-state index contributed by atoms with van der Waals surface area (Å²) in [7, 11) is 1.97. The van der Waals surface area contributed by atoms with E-state index in [1.807, 2.05) is 18.7 Å². The predicted octanol–water partition coefficient (Wildman–Crippen LogP) is 4.15. The second-order valence-corrected chi connectivity index (χ2v) is 8.12. The molecule has 0 radical (unpaired) electrons. The number of likely N-dealkylation sites (tertiary alicyclic amines) is 1. The van der Waals surface area contributed by atoms with Crippen molar-refractivity contribution in [1.82, 2.24) is 14.7 Å². The highest BCUT2D eigenvalue weighted by molar-refractivity contribution is 5.76. The molecule has 0 bridgehead atoms. The van der Waals surface area contributed by atoms with Gasteiger partial charge in [0.25, 0.3) is 0 Å². The molecule has 1 fully saturated rings. The molecule has 0 aliphatic carbocycles. The first kappa shape index (κ1) is 19.7. The summed E-state index contributed by atoms with van der Waals surface area (Å²) in [5.74, 6) is 1.05. The van der Waals surface area contributed by atoms with E-state index in [0.29, 0.717) is 12.3 Å². The van der Waals surface area contributed by atoms with Crippen LogP contribution in [0.5, 0.6) is 0 Å². The summed E-state index contributed by atoms with van der Waals surface area (Å²) in [4.78, 5) is 14.7. The summed E-state index contributed by atoms with van der Waals surface area (Å²) in [5.41, 5.74) is 6.22. The zero-order valence-electron chi connectivity index (χ0n) is 17.3. The third-order valence-corrected chi connectivity index (χ3v) is 6.18. The van der Waals surface area contributed by atoms with Gasteiger partial charge < -0.3 is 4.90 Å². The molecule has 3 rings (SSSR count). The van der Waals surface area contributed by atoms with Crippen LogP contribution in [-0.4, -0.2) is 33.7 Å². The molecule has 4 heteroatoms. The van der Waals surface area contributed by atoms with Gasteiger partial charge in [0.15, 0.2) is 0 Å². The maximum atomic E-state index is 12.6. The minimum atomic E-state index is 0.301. The number of hydrogen-bond donors (Lipinski definition) is 0. The minimum absolute atomic E-state index is 0.301. The summed E-state index contributed by atoms with van der Waals surface area (Å²) in [6.07, 6.45) is 6.07. The molecule has 4 nitrogen and oxygen atoms in total.